The second-order valence-electron chi connectivity index (χ2n) is 5.45. The fourth-order valence-electron chi connectivity index (χ4n) is 3.38. The molecule has 86 valence electrons. The van der Waals surface area contributed by atoms with E-state index in [0.29, 0.717) is 0 Å². The van der Waals surface area contributed by atoms with Gasteiger partial charge < -0.3 is 10.6 Å². The SMILES string of the molecule is c1ccc(C[NH2+]C2CC3CCC(C2)[NH2+]3)cc1. The average Bonchev–Trinajstić information content (AvgIpc) is 2.67. The van der Waals surface area contributed by atoms with E-state index in [1.807, 2.05) is 0 Å². The molecule has 0 spiro atoms. The minimum Gasteiger partial charge on any atom is -0.341 e. The van der Waals surface area contributed by atoms with Crippen molar-refractivity contribution in [3.05, 3.63) is 35.9 Å². The lowest BCUT2D eigenvalue weighted by Crippen LogP contribution is -3.00. The first-order chi connectivity index (χ1) is 7.90. The first-order valence-electron chi connectivity index (χ1n) is 6.62. The Morgan fingerprint density at radius 1 is 1.06 bits per heavy atom. The van der Waals surface area contributed by atoms with Crippen molar-refractivity contribution in [3.63, 3.8) is 0 Å². The molecule has 1 aromatic rings. The van der Waals surface area contributed by atoms with Gasteiger partial charge in [-0.25, -0.2) is 0 Å². The third-order valence-corrected chi connectivity index (χ3v) is 4.19. The molecule has 2 heteroatoms. The minimum atomic E-state index is 0.878. The Morgan fingerprint density at radius 3 is 2.44 bits per heavy atom. The highest BCUT2D eigenvalue weighted by molar-refractivity contribution is 5.13. The van der Waals surface area contributed by atoms with E-state index >= 15 is 0 Å². The highest BCUT2D eigenvalue weighted by Gasteiger charge is 2.38. The molecule has 2 nitrogen and oxygen atoms in total. The molecule has 0 amide bonds. The maximum absolute atomic E-state index is 2.62. The maximum atomic E-state index is 2.62. The van der Waals surface area contributed by atoms with Crippen molar-refractivity contribution in [2.75, 3.05) is 0 Å². The Morgan fingerprint density at radius 2 is 1.75 bits per heavy atom. The van der Waals surface area contributed by atoms with Gasteiger partial charge in [-0.15, -0.1) is 0 Å². The Kier molecular flexibility index (Phi) is 2.94. The van der Waals surface area contributed by atoms with E-state index in [1.54, 1.807) is 0 Å². The summed E-state index contributed by atoms with van der Waals surface area (Å²) in [7, 11) is 0. The first-order valence-corrected chi connectivity index (χ1v) is 6.62. The molecule has 2 aliphatic rings. The summed E-state index contributed by atoms with van der Waals surface area (Å²) in [5, 5.41) is 5.18. The molecule has 0 saturated carbocycles. The van der Waals surface area contributed by atoms with E-state index in [-0.39, 0.29) is 0 Å². The van der Waals surface area contributed by atoms with Crippen LogP contribution in [0.3, 0.4) is 0 Å². The lowest BCUT2D eigenvalue weighted by Gasteiger charge is -2.24. The van der Waals surface area contributed by atoms with Crippen molar-refractivity contribution >= 4 is 0 Å². The minimum absolute atomic E-state index is 0.878. The second kappa shape index (κ2) is 4.56. The van der Waals surface area contributed by atoms with Crippen molar-refractivity contribution in [2.24, 2.45) is 0 Å². The molecule has 2 fully saturated rings. The molecule has 16 heavy (non-hydrogen) atoms. The van der Waals surface area contributed by atoms with E-state index in [0.717, 1.165) is 24.7 Å². The molecular weight excluding hydrogens is 196 g/mol. The van der Waals surface area contributed by atoms with Crippen LogP contribution in [0, 0.1) is 0 Å². The monoisotopic (exact) mass is 218 g/mol. The van der Waals surface area contributed by atoms with Gasteiger partial charge in [0.25, 0.3) is 0 Å². The Hall–Kier alpha value is -0.860. The fourth-order valence-corrected chi connectivity index (χ4v) is 3.38. The lowest BCUT2D eigenvalue weighted by molar-refractivity contribution is -0.763. The van der Waals surface area contributed by atoms with Crippen LogP contribution in [0.5, 0.6) is 0 Å². The van der Waals surface area contributed by atoms with Crippen LogP contribution >= 0.6 is 0 Å². The van der Waals surface area contributed by atoms with Crippen LogP contribution in [0.25, 0.3) is 0 Å². The Bertz CT molecular complexity index is 324. The van der Waals surface area contributed by atoms with Gasteiger partial charge in [-0.2, -0.15) is 0 Å². The number of nitrogens with two attached hydrogens (primary N) is 2. The molecule has 2 unspecified atom stereocenters. The summed E-state index contributed by atoms with van der Waals surface area (Å²) in [5.74, 6) is 0. The number of hydrogen-bond donors (Lipinski definition) is 2. The summed E-state index contributed by atoms with van der Waals surface area (Å²) < 4.78 is 0. The molecular formula is C14H22N2+2. The summed E-state index contributed by atoms with van der Waals surface area (Å²) in [6.07, 6.45) is 5.76. The fraction of sp³-hybridized carbons (Fsp3) is 0.571. The van der Waals surface area contributed by atoms with Gasteiger partial charge >= 0.3 is 0 Å². The molecule has 3 rings (SSSR count). The summed E-state index contributed by atoms with van der Waals surface area (Å²) in [4.78, 5) is 0. The molecule has 4 N–H and O–H groups in total. The van der Waals surface area contributed by atoms with Gasteiger partial charge in [-0.1, -0.05) is 30.3 Å². The van der Waals surface area contributed by atoms with Crippen molar-refractivity contribution in [2.45, 2.75) is 50.4 Å². The van der Waals surface area contributed by atoms with E-state index < -0.39 is 0 Å². The van der Waals surface area contributed by atoms with Gasteiger partial charge in [0.05, 0.1) is 31.0 Å². The molecule has 0 radical (unpaired) electrons. The van der Waals surface area contributed by atoms with Crippen molar-refractivity contribution < 1.29 is 10.6 Å². The third-order valence-electron chi connectivity index (χ3n) is 4.19. The second-order valence-corrected chi connectivity index (χ2v) is 5.45. The molecule has 2 saturated heterocycles. The lowest BCUT2D eigenvalue weighted by atomic mass is 9.99. The van der Waals surface area contributed by atoms with Crippen LogP contribution in [0.1, 0.15) is 31.2 Å². The zero-order chi connectivity index (χ0) is 10.8. The van der Waals surface area contributed by atoms with Gasteiger partial charge in [0, 0.05) is 18.4 Å². The highest BCUT2D eigenvalue weighted by atomic mass is 15.0. The number of piperidine rings is 1. The van der Waals surface area contributed by atoms with Gasteiger partial charge in [-0.05, 0) is 0 Å². The van der Waals surface area contributed by atoms with Crippen LogP contribution in [-0.4, -0.2) is 18.1 Å². The van der Waals surface area contributed by atoms with Crippen molar-refractivity contribution in [3.8, 4) is 0 Å². The van der Waals surface area contributed by atoms with Gasteiger partial charge in [0.2, 0.25) is 0 Å². The van der Waals surface area contributed by atoms with Crippen LogP contribution in [-0.2, 0) is 6.54 Å². The Balaban J connectivity index is 1.52. The van der Waals surface area contributed by atoms with Crippen LogP contribution in [0.4, 0.5) is 0 Å². The standard InChI is InChI=1S/C14H20N2/c1-2-4-11(5-3-1)10-15-14-8-12-6-7-13(9-14)16-12/h1-5,12-16H,6-10H2/p+2. The molecule has 2 bridgehead atoms. The number of benzene rings is 1. The van der Waals surface area contributed by atoms with Gasteiger partial charge in [0.15, 0.2) is 0 Å². The predicted molar refractivity (Wildman–Crippen MR) is 63.8 cm³/mol. The quantitative estimate of drug-likeness (QED) is 0.716. The Labute approximate surface area is 97.4 Å². The molecule has 0 aromatic heterocycles. The summed E-state index contributed by atoms with van der Waals surface area (Å²) in [6.45, 7) is 1.16. The zero-order valence-corrected chi connectivity index (χ0v) is 9.81. The van der Waals surface area contributed by atoms with E-state index in [1.165, 1.54) is 31.2 Å². The van der Waals surface area contributed by atoms with Crippen molar-refractivity contribution in [1.82, 2.24) is 0 Å². The number of hydrogen-bond acceptors (Lipinski definition) is 0. The third kappa shape index (κ3) is 2.28. The number of rotatable bonds is 3. The normalized spacial score (nSPS) is 32.9. The van der Waals surface area contributed by atoms with Crippen LogP contribution in [0.15, 0.2) is 30.3 Å². The van der Waals surface area contributed by atoms with E-state index in [2.05, 4.69) is 41.0 Å². The highest BCUT2D eigenvalue weighted by Crippen LogP contribution is 2.18. The van der Waals surface area contributed by atoms with Crippen LogP contribution < -0.4 is 10.6 Å². The topological polar surface area (TPSA) is 33.2 Å². The average molecular weight is 218 g/mol. The summed E-state index contributed by atoms with van der Waals surface area (Å²) >= 11 is 0. The van der Waals surface area contributed by atoms with Crippen molar-refractivity contribution in [1.29, 1.82) is 0 Å². The van der Waals surface area contributed by atoms with Gasteiger partial charge in [-0.3, -0.25) is 0 Å². The van der Waals surface area contributed by atoms with Gasteiger partial charge in [0.1, 0.15) is 6.54 Å². The number of quaternary nitrogens is 2. The molecule has 1 aromatic carbocycles. The molecule has 2 aliphatic heterocycles. The molecule has 2 atom stereocenters. The largest absolute Gasteiger partial charge is 0.341 e. The predicted octanol–water partition coefficient (Wildman–Crippen LogP) is 0.00680. The van der Waals surface area contributed by atoms with Crippen LogP contribution in [0.2, 0.25) is 0 Å². The molecule has 2 heterocycles. The zero-order valence-electron chi connectivity index (χ0n) is 9.81. The van der Waals surface area contributed by atoms with E-state index in [9.17, 15) is 0 Å². The summed E-state index contributed by atoms with van der Waals surface area (Å²) in [6, 6.07) is 13.6. The molecule has 0 aliphatic carbocycles. The summed E-state index contributed by atoms with van der Waals surface area (Å²) in [5.41, 5.74) is 1.46. The number of fused-ring (bicyclic) bond motifs is 2. The maximum Gasteiger partial charge on any atom is 0.101 e. The smallest absolute Gasteiger partial charge is 0.101 e. The first kappa shape index (κ1) is 10.3. The van der Waals surface area contributed by atoms with E-state index in [4.69, 9.17) is 0 Å².